The van der Waals surface area contributed by atoms with Crippen molar-refractivity contribution < 1.29 is 9.90 Å². The van der Waals surface area contributed by atoms with E-state index in [1.165, 1.54) is 19.4 Å². The molecule has 0 aromatic carbocycles. The van der Waals surface area contributed by atoms with Gasteiger partial charge >= 0.3 is 6.03 Å². The Bertz CT molecular complexity index is 308. The smallest absolute Gasteiger partial charge is 0.315 e. The maximum absolute atomic E-state index is 11.9. The molecule has 124 valence electrons. The molecule has 0 saturated carbocycles. The highest BCUT2D eigenvalue weighted by molar-refractivity contribution is 5.74. The van der Waals surface area contributed by atoms with Crippen molar-refractivity contribution in [3.8, 4) is 0 Å². The lowest BCUT2D eigenvalue weighted by Crippen LogP contribution is -2.48. The van der Waals surface area contributed by atoms with Crippen LogP contribution in [0.1, 0.15) is 47.0 Å². The predicted molar refractivity (Wildman–Crippen MR) is 86.3 cm³/mol. The zero-order valence-corrected chi connectivity index (χ0v) is 14.1. The maximum atomic E-state index is 11.9. The predicted octanol–water partition coefficient (Wildman–Crippen LogP) is 1.81. The van der Waals surface area contributed by atoms with E-state index < -0.39 is 0 Å². The third kappa shape index (κ3) is 7.14. The number of nitrogens with zero attached hydrogens (tertiary/aromatic N) is 1. The molecule has 0 spiro atoms. The Kier molecular flexibility index (Phi) is 8.04. The molecule has 21 heavy (non-hydrogen) atoms. The molecule has 0 bridgehead atoms. The minimum Gasteiger partial charge on any atom is -0.394 e. The number of piperidine rings is 1. The molecule has 1 aliphatic rings. The van der Waals surface area contributed by atoms with Gasteiger partial charge in [-0.3, -0.25) is 0 Å². The van der Waals surface area contributed by atoms with Gasteiger partial charge in [0, 0.05) is 19.1 Å². The van der Waals surface area contributed by atoms with Crippen LogP contribution in [0.5, 0.6) is 0 Å². The SMILES string of the molecule is CC(C)CC(CO)NC(=O)NCC1CCCN(C(C)C)C1. The molecule has 0 radical (unpaired) electrons. The van der Waals surface area contributed by atoms with Crippen molar-refractivity contribution in [2.75, 3.05) is 26.2 Å². The summed E-state index contributed by atoms with van der Waals surface area (Å²) < 4.78 is 0. The summed E-state index contributed by atoms with van der Waals surface area (Å²) in [6.45, 7) is 11.6. The van der Waals surface area contributed by atoms with E-state index in [-0.39, 0.29) is 18.7 Å². The first-order chi connectivity index (χ1) is 9.92. The number of aliphatic hydroxyl groups excluding tert-OH is 1. The molecule has 0 aromatic rings. The summed E-state index contributed by atoms with van der Waals surface area (Å²) in [4.78, 5) is 14.4. The van der Waals surface area contributed by atoms with Gasteiger partial charge in [0.2, 0.25) is 0 Å². The second-order valence-corrected chi connectivity index (χ2v) is 6.96. The Morgan fingerprint density at radius 1 is 1.33 bits per heavy atom. The molecule has 3 N–H and O–H groups in total. The third-order valence-corrected chi connectivity index (χ3v) is 4.14. The van der Waals surface area contributed by atoms with Gasteiger partial charge in [0.15, 0.2) is 0 Å². The molecule has 2 unspecified atom stereocenters. The van der Waals surface area contributed by atoms with E-state index in [1.807, 2.05) is 0 Å². The van der Waals surface area contributed by atoms with Crippen molar-refractivity contribution in [2.24, 2.45) is 11.8 Å². The average molecular weight is 299 g/mol. The van der Waals surface area contributed by atoms with Crippen molar-refractivity contribution in [1.29, 1.82) is 0 Å². The lowest BCUT2D eigenvalue weighted by atomic mass is 9.97. The van der Waals surface area contributed by atoms with Crippen LogP contribution >= 0.6 is 0 Å². The van der Waals surface area contributed by atoms with Gasteiger partial charge in [0.1, 0.15) is 0 Å². The quantitative estimate of drug-likeness (QED) is 0.672. The lowest BCUT2D eigenvalue weighted by Gasteiger charge is -2.35. The number of aliphatic hydroxyl groups is 1. The van der Waals surface area contributed by atoms with Crippen LogP contribution in [0.25, 0.3) is 0 Å². The summed E-state index contributed by atoms with van der Waals surface area (Å²) >= 11 is 0. The van der Waals surface area contributed by atoms with Crippen LogP contribution < -0.4 is 10.6 Å². The number of carbonyl (C=O) groups excluding carboxylic acids is 1. The number of amides is 2. The van der Waals surface area contributed by atoms with Gasteiger partial charge in [-0.15, -0.1) is 0 Å². The Balaban J connectivity index is 2.28. The first-order valence-electron chi connectivity index (χ1n) is 8.31. The van der Waals surface area contributed by atoms with E-state index in [9.17, 15) is 9.90 Å². The summed E-state index contributed by atoms with van der Waals surface area (Å²) in [6, 6.07) is 0.270. The van der Waals surface area contributed by atoms with Crippen LogP contribution in [-0.4, -0.2) is 54.4 Å². The molecule has 2 amide bonds. The number of rotatable bonds is 7. The number of hydrogen-bond acceptors (Lipinski definition) is 3. The van der Waals surface area contributed by atoms with Gasteiger partial charge in [-0.2, -0.15) is 0 Å². The van der Waals surface area contributed by atoms with Crippen molar-refractivity contribution in [3.05, 3.63) is 0 Å². The van der Waals surface area contributed by atoms with Crippen LogP contribution in [-0.2, 0) is 0 Å². The normalized spacial score (nSPS) is 21.6. The van der Waals surface area contributed by atoms with E-state index in [4.69, 9.17) is 0 Å². The van der Waals surface area contributed by atoms with Gasteiger partial charge in [-0.1, -0.05) is 13.8 Å². The Morgan fingerprint density at radius 2 is 2.05 bits per heavy atom. The van der Waals surface area contributed by atoms with Crippen LogP contribution in [0.15, 0.2) is 0 Å². The molecule has 2 atom stereocenters. The molecule has 5 heteroatoms. The van der Waals surface area contributed by atoms with Crippen LogP contribution in [0.3, 0.4) is 0 Å². The second kappa shape index (κ2) is 9.26. The molecule has 1 heterocycles. The van der Waals surface area contributed by atoms with E-state index in [0.29, 0.717) is 17.9 Å². The fourth-order valence-electron chi connectivity index (χ4n) is 2.95. The van der Waals surface area contributed by atoms with Crippen LogP contribution in [0, 0.1) is 11.8 Å². The molecule has 1 saturated heterocycles. The number of hydrogen-bond donors (Lipinski definition) is 3. The van der Waals surface area contributed by atoms with E-state index in [2.05, 4.69) is 43.2 Å². The minimum absolute atomic E-state index is 0.00381. The monoisotopic (exact) mass is 299 g/mol. The number of carbonyl (C=O) groups is 1. The third-order valence-electron chi connectivity index (χ3n) is 4.14. The standard InChI is InChI=1S/C16H33N3O2/c1-12(2)8-15(11-20)18-16(21)17-9-14-6-5-7-19(10-14)13(3)4/h12-15,20H,5-11H2,1-4H3,(H2,17,18,21). The molecule has 1 aliphatic heterocycles. The molecule has 0 aliphatic carbocycles. The molecular formula is C16H33N3O2. The maximum Gasteiger partial charge on any atom is 0.315 e. The van der Waals surface area contributed by atoms with Gasteiger partial charge < -0.3 is 20.6 Å². The fraction of sp³-hybridized carbons (Fsp3) is 0.938. The van der Waals surface area contributed by atoms with Crippen molar-refractivity contribution >= 4 is 6.03 Å². The Morgan fingerprint density at radius 3 is 2.62 bits per heavy atom. The number of nitrogens with one attached hydrogen (secondary N) is 2. The second-order valence-electron chi connectivity index (χ2n) is 6.96. The average Bonchev–Trinajstić information content (AvgIpc) is 2.44. The minimum atomic E-state index is -0.156. The number of urea groups is 1. The number of likely N-dealkylation sites (tertiary alicyclic amines) is 1. The van der Waals surface area contributed by atoms with Crippen LogP contribution in [0.4, 0.5) is 4.79 Å². The zero-order chi connectivity index (χ0) is 15.8. The van der Waals surface area contributed by atoms with Gasteiger partial charge in [-0.05, 0) is 51.5 Å². The van der Waals surface area contributed by atoms with Crippen LogP contribution in [0.2, 0.25) is 0 Å². The highest BCUT2D eigenvalue weighted by Gasteiger charge is 2.22. The van der Waals surface area contributed by atoms with E-state index in [1.54, 1.807) is 0 Å². The molecular weight excluding hydrogens is 266 g/mol. The highest BCUT2D eigenvalue weighted by Crippen LogP contribution is 2.17. The van der Waals surface area contributed by atoms with E-state index >= 15 is 0 Å². The largest absolute Gasteiger partial charge is 0.394 e. The molecule has 1 rings (SSSR count). The summed E-state index contributed by atoms with van der Waals surface area (Å²) in [5.74, 6) is 0.991. The Labute approximate surface area is 129 Å². The molecule has 0 aromatic heterocycles. The summed E-state index contributed by atoms with van der Waals surface area (Å²) in [5.41, 5.74) is 0. The Hall–Kier alpha value is -0.810. The van der Waals surface area contributed by atoms with Gasteiger partial charge in [0.05, 0.1) is 12.6 Å². The summed E-state index contributed by atoms with van der Waals surface area (Å²) in [6.07, 6.45) is 3.19. The van der Waals surface area contributed by atoms with Gasteiger partial charge in [-0.25, -0.2) is 4.79 Å². The zero-order valence-electron chi connectivity index (χ0n) is 14.1. The van der Waals surface area contributed by atoms with Crippen molar-refractivity contribution in [3.63, 3.8) is 0 Å². The first kappa shape index (κ1) is 18.2. The van der Waals surface area contributed by atoms with Crippen molar-refractivity contribution in [2.45, 2.75) is 59.0 Å². The molecule has 5 nitrogen and oxygen atoms in total. The van der Waals surface area contributed by atoms with E-state index in [0.717, 1.165) is 19.5 Å². The summed E-state index contributed by atoms with van der Waals surface area (Å²) in [5, 5.41) is 15.1. The fourth-order valence-corrected chi connectivity index (χ4v) is 2.95. The summed E-state index contributed by atoms with van der Waals surface area (Å²) in [7, 11) is 0. The topological polar surface area (TPSA) is 64.6 Å². The lowest BCUT2D eigenvalue weighted by molar-refractivity contribution is 0.138. The van der Waals surface area contributed by atoms with Gasteiger partial charge in [0.25, 0.3) is 0 Å². The first-order valence-corrected chi connectivity index (χ1v) is 8.31. The van der Waals surface area contributed by atoms with Crippen molar-refractivity contribution in [1.82, 2.24) is 15.5 Å². The highest BCUT2D eigenvalue weighted by atomic mass is 16.3. The molecule has 1 fully saturated rings.